The van der Waals surface area contributed by atoms with E-state index in [0.29, 0.717) is 30.3 Å². The minimum atomic E-state index is -0.171. The Kier molecular flexibility index (Phi) is 19.0. The molecule has 0 bridgehead atoms. The number of hydrogen-bond donors (Lipinski definition) is 3. The van der Waals surface area contributed by atoms with Gasteiger partial charge in [0.2, 0.25) is 0 Å². The van der Waals surface area contributed by atoms with Gasteiger partial charge in [0.15, 0.2) is 5.78 Å². The van der Waals surface area contributed by atoms with Gasteiger partial charge < -0.3 is 20.1 Å². The highest BCUT2D eigenvalue weighted by Crippen LogP contribution is 2.40. The zero-order valence-electron chi connectivity index (χ0n) is 38.7. The number of aromatic hydroxyl groups is 3. The number of rotatable bonds is 6. The standard InChI is InChI=1S/C17H16O2.C17H18O.C10H10O2.C7H8O.C6H16Si/c1-11-9-15-14(10-17(11)19)13(7-8-16(15)18)12-5-3-2-4-6-12;1-12-10-14-8-5-9-15(16(14)11-17(12)18)13-6-3-2-4-7-13;11-10-7-6-9(12-10)8-4-2-1-3-5-8;1-6-4-2-3-5-7(6)8;1-4-7(5-2)6-3/h2-6,9-10,13,19H,7-8H2,1H3;2-4,6-7,10-11,15,18H,5,8-9H2,1H3;1-5,9H,6-7H2;2-5,8H,1H3;7H,4-6H2,1-3H3. The second-order valence-corrected chi connectivity index (χ2v) is 21.3. The van der Waals surface area contributed by atoms with E-state index in [1.165, 1.54) is 53.2 Å². The number of aryl methyl sites for hydroxylation is 4. The molecule has 6 aromatic rings. The Morgan fingerprint density at radius 1 is 0.516 bits per heavy atom. The van der Waals surface area contributed by atoms with Crippen molar-refractivity contribution in [3.05, 3.63) is 195 Å². The van der Waals surface area contributed by atoms with Crippen LogP contribution in [0.3, 0.4) is 0 Å². The van der Waals surface area contributed by atoms with E-state index in [9.17, 15) is 19.8 Å². The summed E-state index contributed by atoms with van der Waals surface area (Å²) in [5.74, 6) is 1.83. The molecule has 6 nitrogen and oxygen atoms in total. The third-order valence-corrected chi connectivity index (χ3v) is 16.2. The van der Waals surface area contributed by atoms with E-state index in [0.717, 1.165) is 52.6 Å². The molecule has 0 aromatic heterocycles. The lowest BCUT2D eigenvalue weighted by Crippen LogP contribution is -2.16. The Morgan fingerprint density at radius 2 is 1.02 bits per heavy atom. The van der Waals surface area contributed by atoms with Crippen LogP contribution in [0.4, 0.5) is 0 Å². The lowest BCUT2D eigenvalue weighted by atomic mass is 9.78. The fourth-order valence-corrected chi connectivity index (χ4v) is 10.4. The Bertz CT molecular complexity index is 2350. The van der Waals surface area contributed by atoms with Gasteiger partial charge in [0.25, 0.3) is 0 Å². The first-order chi connectivity index (χ1) is 30.9. The van der Waals surface area contributed by atoms with Gasteiger partial charge in [-0.3, -0.25) is 9.59 Å². The van der Waals surface area contributed by atoms with Crippen LogP contribution in [-0.4, -0.2) is 35.9 Å². The molecule has 7 heteroatoms. The molecule has 2 aliphatic carbocycles. The molecule has 336 valence electrons. The van der Waals surface area contributed by atoms with Gasteiger partial charge in [0.1, 0.15) is 23.4 Å². The topological polar surface area (TPSA) is 104 Å². The number of cyclic esters (lactones) is 1. The van der Waals surface area contributed by atoms with Crippen LogP contribution >= 0.6 is 0 Å². The van der Waals surface area contributed by atoms with Crippen molar-refractivity contribution < 1.29 is 29.6 Å². The van der Waals surface area contributed by atoms with Gasteiger partial charge in [-0.2, -0.15) is 0 Å². The number of phenols is 3. The summed E-state index contributed by atoms with van der Waals surface area (Å²) in [6, 6.07) is 50.1. The number of carbonyl (C=O) groups is 2. The molecule has 1 heterocycles. The first-order valence-electron chi connectivity index (χ1n) is 23.2. The van der Waals surface area contributed by atoms with Crippen LogP contribution in [0.1, 0.15) is 138 Å². The van der Waals surface area contributed by atoms with Gasteiger partial charge in [-0.15, -0.1) is 0 Å². The molecule has 64 heavy (non-hydrogen) atoms. The van der Waals surface area contributed by atoms with Crippen molar-refractivity contribution in [2.24, 2.45) is 0 Å². The zero-order chi connectivity index (χ0) is 46.0. The zero-order valence-corrected chi connectivity index (χ0v) is 39.9. The smallest absolute Gasteiger partial charge is 0.306 e. The highest BCUT2D eigenvalue weighted by Gasteiger charge is 2.28. The van der Waals surface area contributed by atoms with E-state index in [1.807, 2.05) is 99.6 Å². The van der Waals surface area contributed by atoms with E-state index < -0.39 is 0 Å². The molecule has 3 atom stereocenters. The van der Waals surface area contributed by atoms with Gasteiger partial charge in [0, 0.05) is 39.0 Å². The SMILES string of the molecule is CC[SiH](CC)CC.Cc1cc2c(cc1O)C(c1ccccc1)CCC2.Cc1cc2c(cc1O)C(c1ccccc1)CCC2=O.Cc1ccccc1O.O=C1CCC(c2ccccc2)O1. The minimum Gasteiger partial charge on any atom is -0.508 e. The predicted octanol–water partition coefficient (Wildman–Crippen LogP) is 14.0. The summed E-state index contributed by atoms with van der Waals surface area (Å²) in [5.41, 5.74) is 10.8. The number of esters is 1. The normalized spacial score (nSPS) is 17.0. The summed E-state index contributed by atoms with van der Waals surface area (Å²) in [5, 5.41) is 28.8. The quantitative estimate of drug-likeness (QED) is 0.114. The molecule has 3 unspecified atom stereocenters. The number of ether oxygens (including phenoxy) is 1. The number of Topliss-reactive ketones (excluding diaryl/α,β-unsaturated/α-hetero) is 1. The second-order valence-electron chi connectivity index (χ2n) is 17.1. The Hall–Kier alpha value is -5.92. The van der Waals surface area contributed by atoms with Crippen molar-refractivity contribution in [3.8, 4) is 17.2 Å². The molecule has 1 fully saturated rings. The lowest BCUT2D eigenvalue weighted by Gasteiger charge is -2.26. The van der Waals surface area contributed by atoms with Crippen molar-refractivity contribution in [1.82, 2.24) is 0 Å². The molecule has 1 aliphatic heterocycles. The molecule has 0 saturated carbocycles. The third kappa shape index (κ3) is 13.8. The Labute approximate surface area is 383 Å². The Morgan fingerprint density at radius 3 is 1.50 bits per heavy atom. The van der Waals surface area contributed by atoms with Crippen molar-refractivity contribution in [2.75, 3.05) is 0 Å². The van der Waals surface area contributed by atoms with Crippen LogP contribution in [0.5, 0.6) is 17.2 Å². The summed E-state index contributed by atoms with van der Waals surface area (Å²) in [7, 11) is -0.171. The molecule has 3 aliphatic rings. The van der Waals surface area contributed by atoms with E-state index in [1.54, 1.807) is 12.1 Å². The molecular weight excluding hydrogens is 809 g/mol. The van der Waals surface area contributed by atoms with Gasteiger partial charge in [-0.05, 0) is 127 Å². The van der Waals surface area contributed by atoms with Crippen molar-refractivity contribution in [1.29, 1.82) is 0 Å². The largest absolute Gasteiger partial charge is 0.508 e. The van der Waals surface area contributed by atoms with E-state index in [4.69, 9.17) is 9.84 Å². The van der Waals surface area contributed by atoms with E-state index >= 15 is 0 Å². The van der Waals surface area contributed by atoms with Crippen molar-refractivity contribution in [3.63, 3.8) is 0 Å². The van der Waals surface area contributed by atoms with Crippen LogP contribution in [0.25, 0.3) is 0 Å². The van der Waals surface area contributed by atoms with Crippen LogP contribution in [0, 0.1) is 20.8 Å². The first kappa shape index (κ1) is 49.1. The Balaban J connectivity index is 0.000000159. The van der Waals surface area contributed by atoms with Crippen LogP contribution < -0.4 is 0 Å². The molecule has 6 aromatic carbocycles. The molecule has 3 N–H and O–H groups in total. The average Bonchev–Trinajstić information content (AvgIpc) is 3.77. The van der Waals surface area contributed by atoms with Gasteiger partial charge in [-0.1, -0.05) is 154 Å². The van der Waals surface area contributed by atoms with E-state index in [-0.39, 0.29) is 38.3 Å². The molecule has 0 amide bonds. The fourth-order valence-electron chi connectivity index (χ4n) is 8.69. The maximum absolute atomic E-state index is 12.0. The highest BCUT2D eigenvalue weighted by molar-refractivity contribution is 6.58. The predicted molar refractivity (Wildman–Crippen MR) is 265 cm³/mol. The van der Waals surface area contributed by atoms with Crippen LogP contribution in [0.2, 0.25) is 18.1 Å². The van der Waals surface area contributed by atoms with Crippen LogP contribution in [0.15, 0.2) is 140 Å². The highest BCUT2D eigenvalue weighted by atomic mass is 28.3. The summed E-state index contributed by atoms with van der Waals surface area (Å²) < 4.78 is 5.11. The summed E-state index contributed by atoms with van der Waals surface area (Å²) >= 11 is 0. The summed E-state index contributed by atoms with van der Waals surface area (Å²) in [6.07, 6.45) is 6.33. The maximum Gasteiger partial charge on any atom is 0.306 e. The van der Waals surface area contributed by atoms with Crippen molar-refractivity contribution in [2.45, 2.75) is 123 Å². The third-order valence-electron chi connectivity index (χ3n) is 12.8. The van der Waals surface area contributed by atoms with Gasteiger partial charge in [0.05, 0.1) is 0 Å². The minimum absolute atomic E-state index is 0.00120. The number of hydrogen-bond acceptors (Lipinski definition) is 6. The maximum atomic E-state index is 12.0. The van der Waals surface area contributed by atoms with Gasteiger partial charge >= 0.3 is 5.97 Å². The monoisotopic (exact) mass is 876 g/mol. The number of para-hydroxylation sites is 1. The molecule has 0 radical (unpaired) electrons. The molecule has 1 saturated heterocycles. The summed E-state index contributed by atoms with van der Waals surface area (Å²) in [6.45, 7) is 12.6. The summed E-state index contributed by atoms with van der Waals surface area (Å²) in [4.78, 5) is 22.8. The molecule has 9 rings (SSSR count). The molecule has 0 spiro atoms. The van der Waals surface area contributed by atoms with Crippen molar-refractivity contribution >= 4 is 20.5 Å². The number of ketones is 1. The number of benzene rings is 6. The van der Waals surface area contributed by atoms with E-state index in [2.05, 4.69) is 69.3 Å². The van der Waals surface area contributed by atoms with Crippen LogP contribution in [-0.2, 0) is 16.0 Å². The number of phenolic OH excluding ortho intramolecular Hbond substituents is 3. The van der Waals surface area contributed by atoms with Gasteiger partial charge in [-0.25, -0.2) is 0 Å². The molecular formula is C57H68O6Si. The average molecular weight is 877 g/mol. The second kappa shape index (κ2) is 24.8. The lowest BCUT2D eigenvalue weighted by molar-refractivity contribution is -0.141. The number of fused-ring (bicyclic) bond motifs is 2. The number of carbonyl (C=O) groups excluding carboxylic acids is 2. The first-order valence-corrected chi connectivity index (χ1v) is 25.7. The fraction of sp³-hybridized carbons (Fsp3) is 0.333.